The molecule has 0 aliphatic rings. The topological polar surface area (TPSA) is 109 Å². The number of furan rings is 1. The lowest BCUT2D eigenvalue weighted by atomic mass is 10.2. The van der Waals surface area contributed by atoms with Crippen molar-refractivity contribution in [2.75, 3.05) is 0 Å². The molecule has 0 bridgehead atoms. The number of imidazole rings is 1. The second kappa shape index (κ2) is 11.1. The zero-order valence-electron chi connectivity index (χ0n) is 21.5. The van der Waals surface area contributed by atoms with Crippen molar-refractivity contribution >= 4 is 27.8 Å². The van der Waals surface area contributed by atoms with Gasteiger partial charge in [-0.15, -0.1) is 0 Å². The van der Waals surface area contributed by atoms with E-state index in [2.05, 4.69) is 15.5 Å². The Morgan fingerprint density at radius 1 is 0.974 bits per heavy atom. The van der Waals surface area contributed by atoms with E-state index in [1.807, 2.05) is 55.5 Å². The average Bonchev–Trinajstić information content (AvgIpc) is 3.52. The molecule has 0 atom stereocenters. The predicted octanol–water partition coefficient (Wildman–Crippen LogP) is 4.70. The molecule has 0 radical (unpaired) electrons. The van der Waals surface area contributed by atoms with Gasteiger partial charge in [0.1, 0.15) is 22.9 Å². The molecule has 198 valence electrons. The first-order valence-electron chi connectivity index (χ1n) is 12.3. The fourth-order valence-electron chi connectivity index (χ4n) is 4.19. The zero-order chi connectivity index (χ0) is 27.4. The van der Waals surface area contributed by atoms with Crippen molar-refractivity contribution in [3.63, 3.8) is 0 Å². The lowest BCUT2D eigenvalue weighted by Gasteiger charge is -2.21. The first-order chi connectivity index (χ1) is 18.8. The maximum atomic E-state index is 13.5. The summed E-state index contributed by atoms with van der Waals surface area (Å²) in [4.78, 5) is 17.3. The summed E-state index contributed by atoms with van der Waals surface area (Å²) in [6.07, 6.45) is 3.13. The Kier molecular flexibility index (Phi) is 7.40. The van der Waals surface area contributed by atoms with E-state index in [1.165, 1.54) is 10.5 Å². The molecule has 5 aromatic rings. The Morgan fingerprint density at radius 3 is 2.49 bits per heavy atom. The largest absolute Gasteiger partial charge is 0.459 e. The molecule has 0 aliphatic heterocycles. The molecule has 0 saturated heterocycles. The maximum absolute atomic E-state index is 13.5. The Bertz CT molecular complexity index is 1740. The van der Waals surface area contributed by atoms with Gasteiger partial charge in [-0.2, -0.15) is 9.41 Å². The van der Waals surface area contributed by atoms with E-state index < -0.39 is 15.9 Å². The summed E-state index contributed by atoms with van der Waals surface area (Å²) in [5, 5.41) is 4.02. The van der Waals surface area contributed by atoms with Crippen molar-refractivity contribution in [3.8, 4) is 0 Å². The van der Waals surface area contributed by atoms with E-state index in [0.29, 0.717) is 28.6 Å². The van der Waals surface area contributed by atoms with Crippen molar-refractivity contribution in [1.29, 1.82) is 0 Å². The summed E-state index contributed by atoms with van der Waals surface area (Å²) in [6.45, 7) is 3.86. The number of aryl methyl sites for hydroxylation is 2. The number of amides is 1. The zero-order valence-corrected chi connectivity index (χ0v) is 22.3. The molecule has 9 nitrogen and oxygen atoms in total. The number of benzene rings is 2. The molecule has 0 unspecified atom stereocenters. The minimum atomic E-state index is -3.81. The van der Waals surface area contributed by atoms with Crippen molar-refractivity contribution in [2.45, 2.75) is 31.8 Å². The van der Waals surface area contributed by atoms with Crippen LogP contribution in [0.4, 0.5) is 0 Å². The number of hydrogen-bond donors (Lipinski definition) is 1. The number of pyridine rings is 1. The molecule has 39 heavy (non-hydrogen) atoms. The molecule has 10 heteroatoms. The van der Waals surface area contributed by atoms with Gasteiger partial charge in [0.2, 0.25) is 10.0 Å². The number of fused-ring (bicyclic) bond motifs is 1. The number of sulfonamides is 1. The van der Waals surface area contributed by atoms with E-state index in [4.69, 9.17) is 4.42 Å². The van der Waals surface area contributed by atoms with Gasteiger partial charge in [-0.05, 0) is 55.8 Å². The van der Waals surface area contributed by atoms with Gasteiger partial charge in [0.15, 0.2) is 0 Å². The molecule has 1 amide bonds. The van der Waals surface area contributed by atoms with Gasteiger partial charge < -0.3 is 4.42 Å². The Balaban J connectivity index is 1.32. The maximum Gasteiger partial charge on any atom is 0.290 e. The number of nitrogens with one attached hydrogen (secondary N) is 1. The SMILES string of the molecule is Cc1ccc(S(=O)(=O)N(Cc2ccccc2)Cc2ccc(/C=N/NC(=O)c3c(C)nc4ccccn34)o2)cc1. The summed E-state index contributed by atoms with van der Waals surface area (Å²) in [5.74, 6) is 0.395. The van der Waals surface area contributed by atoms with Crippen molar-refractivity contribution in [2.24, 2.45) is 5.10 Å². The molecule has 2 aromatic carbocycles. The number of rotatable bonds is 9. The van der Waals surface area contributed by atoms with Crippen LogP contribution in [0.15, 0.2) is 106 Å². The third-order valence-corrected chi connectivity index (χ3v) is 7.96. The second-order valence-corrected chi connectivity index (χ2v) is 11.0. The molecular formula is C29H27N5O4S. The van der Waals surface area contributed by atoms with Gasteiger partial charge >= 0.3 is 0 Å². The van der Waals surface area contributed by atoms with Crippen LogP contribution in [0.25, 0.3) is 5.65 Å². The van der Waals surface area contributed by atoms with E-state index >= 15 is 0 Å². The summed E-state index contributed by atoms with van der Waals surface area (Å²) >= 11 is 0. The lowest BCUT2D eigenvalue weighted by molar-refractivity contribution is 0.0948. The van der Waals surface area contributed by atoms with Crippen molar-refractivity contribution < 1.29 is 17.6 Å². The normalized spacial score (nSPS) is 12.0. The fourth-order valence-corrected chi connectivity index (χ4v) is 5.58. The van der Waals surface area contributed by atoms with Gasteiger partial charge in [0, 0.05) is 12.7 Å². The van der Waals surface area contributed by atoms with E-state index in [9.17, 15) is 13.2 Å². The van der Waals surface area contributed by atoms with E-state index in [1.54, 1.807) is 53.9 Å². The molecular weight excluding hydrogens is 514 g/mol. The predicted molar refractivity (Wildman–Crippen MR) is 148 cm³/mol. The molecule has 0 spiro atoms. The van der Waals surface area contributed by atoms with E-state index in [0.717, 1.165) is 11.1 Å². The van der Waals surface area contributed by atoms with Crippen molar-refractivity contribution in [1.82, 2.24) is 19.1 Å². The Labute approximate surface area is 226 Å². The van der Waals surface area contributed by atoms with Gasteiger partial charge in [-0.1, -0.05) is 54.1 Å². The summed E-state index contributed by atoms with van der Waals surface area (Å²) in [6, 6.07) is 25.0. The van der Waals surface area contributed by atoms with Crippen LogP contribution >= 0.6 is 0 Å². The van der Waals surface area contributed by atoms with Crippen LogP contribution in [-0.4, -0.2) is 34.2 Å². The van der Waals surface area contributed by atoms with Crippen LogP contribution in [0.3, 0.4) is 0 Å². The third-order valence-electron chi connectivity index (χ3n) is 6.15. The number of nitrogens with zero attached hydrogens (tertiary/aromatic N) is 4. The first kappa shape index (κ1) is 26.1. The summed E-state index contributed by atoms with van der Waals surface area (Å²) in [7, 11) is -3.81. The molecule has 3 aromatic heterocycles. The smallest absolute Gasteiger partial charge is 0.290 e. The van der Waals surface area contributed by atoms with Crippen LogP contribution in [0, 0.1) is 13.8 Å². The lowest BCUT2D eigenvalue weighted by Crippen LogP contribution is -2.30. The Morgan fingerprint density at radius 2 is 1.72 bits per heavy atom. The fraction of sp³-hybridized carbons (Fsp3) is 0.138. The minimum absolute atomic E-state index is 0.0202. The highest BCUT2D eigenvalue weighted by molar-refractivity contribution is 7.89. The number of hydrogen-bond acceptors (Lipinski definition) is 6. The molecule has 3 heterocycles. The molecule has 0 aliphatic carbocycles. The minimum Gasteiger partial charge on any atom is -0.459 e. The number of hydrazone groups is 1. The van der Waals surface area contributed by atoms with Crippen LogP contribution in [0.1, 0.15) is 38.8 Å². The Hall–Kier alpha value is -4.54. The van der Waals surface area contributed by atoms with Gasteiger partial charge in [0.25, 0.3) is 5.91 Å². The van der Waals surface area contributed by atoms with Gasteiger partial charge in [0.05, 0.1) is 23.3 Å². The average molecular weight is 542 g/mol. The monoisotopic (exact) mass is 541 g/mol. The number of carbonyl (C=O) groups excluding carboxylic acids is 1. The highest BCUT2D eigenvalue weighted by Crippen LogP contribution is 2.22. The summed E-state index contributed by atoms with van der Waals surface area (Å²) < 4.78 is 36.0. The van der Waals surface area contributed by atoms with Gasteiger partial charge in [-0.3, -0.25) is 9.20 Å². The highest BCUT2D eigenvalue weighted by Gasteiger charge is 2.26. The molecule has 5 rings (SSSR count). The quantitative estimate of drug-likeness (QED) is 0.215. The van der Waals surface area contributed by atoms with E-state index in [-0.39, 0.29) is 18.0 Å². The van der Waals surface area contributed by atoms with Crippen LogP contribution in [0.5, 0.6) is 0 Å². The van der Waals surface area contributed by atoms with Crippen LogP contribution < -0.4 is 5.43 Å². The standard InChI is InChI=1S/C29H27N5O4S/c1-21-11-15-26(16-12-21)39(36,37)33(19-23-8-4-3-5-9-23)20-25-14-13-24(38-25)18-30-32-29(35)28-22(2)31-27-10-6-7-17-34(27)28/h3-18H,19-20H2,1-2H3,(H,32,35)/b30-18+. The van der Waals surface area contributed by atoms with Crippen LogP contribution in [-0.2, 0) is 23.1 Å². The number of carbonyl (C=O) groups is 1. The van der Waals surface area contributed by atoms with Crippen LogP contribution in [0.2, 0.25) is 0 Å². The first-order valence-corrected chi connectivity index (χ1v) is 13.7. The second-order valence-electron chi connectivity index (χ2n) is 9.05. The third kappa shape index (κ3) is 5.82. The molecule has 0 fully saturated rings. The molecule has 1 N–H and O–H groups in total. The number of aromatic nitrogens is 2. The molecule has 0 saturated carbocycles. The summed E-state index contributed by atoms with van der Waals surface area (Å²) in [5.41, 5.74) is 5.97. The highest BCUT2D eigenvalue weighted by atomic mass is 32.2. The van der Waals surface area contributed by atoms with Crippen molar-refractivity contribution in [3.05, 3.63) is 125 Å². The van der Waals surface area contributed by atoms with Gasteiger partial charge in [-0.25, -0.2) is 18.8 Å².